The zero-order valence-electron chi connectivity index (χ0n) is 10.4. The molecule has 0 radical (unpaired) electrons. The van der Waals surface area contributed by atoms with E-state index in [4.69, 9.17) is 9.47 Å². The topological polar surface area (TPSA) is 30.5 Å². The van der Waals surface area contributed by atoms with Crippen molar-refractivity contribution in [1.82, 2.24) is 0 Å². The van der Waals surface area contributed by atoms with E-state index in [2.05, 4.69) is 17.4 Å². The summed E-state index contributed by atoms with van der Waals surface area (Å²) in [6, 6.07) is 8.72. The summed E-state index contributed by atoms with van der Waals surface area (Å²) in [5.74, 6) is 0.933. The van der Waals surface area contributed by atoms with Gasteiger partial charge in [0.2, 0.25) is 0 Å². The molecule has 1 aromatic carbocycles. The fourth-order valence-corrected chi connectivity index (χ4v) is 2.10. The highest BCUT2D eigenvalue weighted by Gasteiger charge is 2.11. The summed E-state index contributed by atoms with van der Waals surface area (Å²) >= 11 is 0. The first kappa shape index (κ1) is 12.2. The SMILES string of the molecule is CCOc1ccc(NC2CCCOCC2)cc1. The van der Waals surface area contributed by atoms with Crippen LogP contribution in [0.3, 0.4) is 0 Å². The summed E-state index contributed by atoms with van der Waals surface area (Å²) in [6.45, 7) is 4.49. The monoisotopic (exact) mass is 235 g/mol. The van der Waals surface area contributed by atoms with Crippen molar-refractivity contribution in [3.8, 4) is 5.75 Å². The Hall–Kier alpha value is -1.22. The van der Waals surface area contributed by atoms with E-state index in [0.717, 1.165) is 31.8 Å². The van der Waals surface area contributed by atoms with Crippen molar-refractivity contribution in [2.45, 2.75) is 32.2 Å². The lowest BCUT2D eigenvalue weighted by Gasteiger charge is -2.17. The Morgan fingerprint density at radius 3 is 2.82 bits per heavy atom. The first-order valence-corrected chi connectivity index (χ1v) is 6.45. The maximum atomic E-state index is 5.45. The highest BCUT2D eigenvalue weighted by molar-refractivity contribution is 5.47. The second-order valence-corrected chi connectivity index (χ2v) is 4.34. The molecule has 0 aliphatic carbocycles. The van der Waals surface area contributed by atoms with Crippen molar-refractivity contribution in [3.63, 3.8) is 0 Å². The molecule has 1 unspecified atom stereocenters. The Morgan fingerprint density at radius 2 is 2.06 bits per heavy atom. The third-order valence-corrected chi connectivity index (χ3v) is 2.99. The third-order valence-electron chi connectivity index (χ3n) is 2.99. The predicted octanol–water partition coefficient (Wildman–Crippen LogP) is 3.07. The normalized spacial score (nSPS) is 20.6. The first-order chi connectivity index (χ1) is 8.38. The van der Waals surface area contributed by atoms with Crippen LogP contribution in [0.5, 0.6) is 5.75 Å². The van der Waals surface area contributed by atoms with E-state index in [9.17, 15) is 0 Å². The number of rotatable bonds is 4. The summed E-state index contributed by atoms with van der Waals surface area (Å²) in [5, 5.41) is 3.55. The van der Waals surface area contributed by atoms with Gasteiger partial charge in [-0.1, -0.05) is 0 Å². The number of hydrogen-bond acceptors (Lipinski definition) is 3. The summed E-state index contributed by atoms with van der Waals surface area (Å²) in [4.78, 5) is 0. The minimum absolute atomic E-state index is 0.537. The highest BCUT2D eigenvalue weighted by Crippen LogP contribution is 2.19. The van der Waals surface area contributed by atoms with Crippen LogP contribution in [0.4, 0.5) is 5.69 Å². The molecule has 1 atom stereocenters. The fourth-order valence-electron chi connectivity index (χ4n) is 2.10. The van der Waals surface area contributed by atoms with Gasteiger partial charge in [0.15, 0.2) is 0 Å². The molecule has 3 nitrogen and oxygen atoms in total. The molecular formula is C14H21NO2. The molecule has 1 N–H and O–H groups in total. The molecule has 1 aliphatic rings. The van der Waals surface area contributed by atoms with Crippen molar-refractivity contribution in [2.75, 3.05) is 25.1 Å². The molecule has 1 aromatic rings. The van der Waals surface area contributed by atoms with Crippen LogP contribution in [0.25, 0.3) is 0 Å². The molecule has 0 saturated carbocycles. The summed E-state index contributed by atoms with van der Waals surface area (Å²) in [7, 11) is 0. The molecule has 17 heavy (non-hydrogen) atoms. The van der Waals surface area contributed by atoms with Gasteiger partial charge < -0.3 is 14.8 Å². The molecule has 0 spiro atoms. The Labute approximate surface area is 103 Å². The lowest BCUT2D eigenvalue weighted by Crippen LogP contribution is -2.19. The van der Waals surface area contributed by atoms with Gasteiger partial charge in [0, 0.05) is 24.9 Å². The van der Waals surface area contributed by atoms with E-state index in [-0.39, 0.29) is 0 Å². The fraction of sp³-hybridized carbons (Fsp3) is 0.571. The van der Waals surface area contributed by atoms with Gasteiger partial charge in [-0.05, 0) is 50.5 Å². The maximum absolute atomic E-state index is 5.45. The average molecular weight is 235 g/mol. The minimum Gasteiger partial charge on any atom is -0.494 e. The van der Waals surface area contributed by atoms with Gasteiger partial charge in [-0.25, -0.2) is 0 Å². The van der Waals surface area contributed by atoms with Crippen molar-refractivity contribution in [1.29, 1.82) is 0 Å². The van der Waals surface area contributed by atoms with Crippen LogP contribution in [-0.4, -0.2) is 25.9 Å². The van der Waals surface area contributed by atoms with Crippen LogP contribution in [0.2, 0.25) is 0 Å². The predicted molar refractivity (Wildman–Crippen MR) is 69.7 cm³/mol. The van der Waals surface area contributed by atoms with Crippen molar-refractivity contribution in [3.05, 3.63) is 24.3 Å². The summed E-state index contributed by atoms with van der Waals surface area (Å²) in [6.07, 6.45) is 3.43. The number of benzene rings is 1. The highest BCUT2D eigenvalue weighted by atomic mass is 16.5. The summed E-state index contributed by atoms with van der Waals surface area (Å²) < 4.78 is 10.9. The number of nitrogens with one attached hydrogen (secondary N) is 1. The van der Waals surface area contributed by atoms with Crippen molar-refractivity contribution in [2.24, 2.45) is 0 Å². The Kier molecular flexibility index (Phi) is 4.68. The molecule has 3 heteroatoms. The number of anilines is 1. The molecule has 1 saturated heterocycles. The number of ether oxygens (including phenoxy) is 2. The second kappa shape index (κ2) is 6.50. The van der Waals surface area contributed by atoms with Gasteiger partial charge in [-0.3, -0.25) is 0 Å². The molecule has 94 valence electrons. The van der Waals surface area contributed by atoms with E-state index >= 15 is 0 Å². The van der Waals surface area contributed by atoms with E-state index in [0.29, 0.717) is 12.6 Å². The minimum atomic E-state index is 0.537. The summed E-state index contributed by atoms with van der Waals surface area (Å²) in [5.41, 5.74) is 1.17. The molecule has 0 aromatic heterocycles. The Bertz CT molecular complexity index is 315. The van der Waals surface area contributed by atoms with Crippen LogP contribution in [0.1, 0.15) is 26.2 Å². The van der Waals surface area contributed by atoms with Crippen molar-refractivity contribution < 1.29 is 9.47 Å². The zero-order valence-corrected chi connectivity index (χ0v) is 10.4. The van der Waals surface area contributed by atoms with E-state index < -0.39 is 0 Å². The molecular weight excluding hydrogens is 214 g/mol. The van der Waals surface area contributed by atoms with Crippen LogP contribution >= 0.6 is 0 Å². The Morgan fingerprint density at radius 1 is 1.24 bits per heavy atom. The van der Waals surface area contributed by atoms with Gasteiger partial charge >= 0.3 is 0 Å². The lowest BCUT2D eigenvalue weighted by atomic mass is 10.1. The van der Waals surface area contributed by atoms with Crippen LogP contribution in [-0.2, 0) is 4.74 Å². The van der Waals surface area contributed by atoms with Gasteiger partial charge in [0.25, 0.3) is 0 Å². The average Bonchev–Trinajstić information content (AvgIpc) is 2.61. The van der Waals surface area contributed by atoms with Gasteiger partial charge in [0.1, 0.15) is 5.75 Å². The number of hydrogen-bond donors (Lipinski definition) is 1. The molecule has 2 rings (SSSR count). The largest absolute Gasteiger partial charge is 0.494 e. The molecule has 0 amide bonds. The van der Waals surface area contributed by atoms with Crippen LogP contribution < -0.4 is 10.1 Å². The molecule has 0 bridgehead atoms. The smallest absolute Gasteiger partial charge is 0.119 e. The second-order valence-electron chi connectivity index (χ2n) is 4.34. The lowest BCUT2D eigenvalue weighted by molar-refractivity contribution is 0.144. The van der Waals surface area contributed by atoms with Crippen LogP contribution in [0.15, 0.2) is 24.3 Å². The maximum Gasteiger partial charge on any atom is 0.119 e. The van der Waals surface area contributed by atoms with Crippen LogP contribution in [0, 0.1) is 0 Å². The van der Waals surface area contributed by atoms with Gasteiger partial charge in [0.05, 0.1) is 6.61 Å². The van der Waals surface area contributed by atoms with E-state index in [1.54, 1.807) is 0 Å². The Balaban J connectivity index is 1.88. The molecule has 1 aliphatic heterocycles. The van der Waals surface area contributed by atoms with Crippen molar-refractivity contribution >= 4 is 5.69 Å². The van der Waals surface area contributed by atoms with Gasteiger partial charge in [-0.15, -0.1) is 0 Å². The zero-order chi connectivity index (χ0) is 11.9. The van der Waals surface area contributed by atoms with Gasteiger partial charge in [-0.2, -0.15) is 0 Å². The standard InChI is InChI=1S/C14H21NO2/c1-2-17-14-7-5-13(6-8-14)15-12-4-3-10-16-11-9-12/h5-8,12,15H,2-4,9-11H2,1H3. The first-order valence-electron chi connectivity index (χ1n) is 6.45. The third kappa shape index (κ3) is 3.93. The quantitative estimate of drug-likeness (QED) is 0.870. The van der Waals surface area contributed by atoms with E-state index in [1.807, 2.05) is 19.1 Å². The van der Waals surface area contributed by atoms with E-state index in [1.165, 1.54) is 12.1 Å². The molecule has 1 fully saturated rings. The molecule has 1 heterocycles.